The highest BCUT2D eigenvalue weighted by Gasteiger charge is 2.17. The Kier molecular flexibility index (Phi) is 5.34. The number of pyridine rings is 2. The number of hydrogen-bond acceptors (Lipinski definition) is 3. The van der Waals surface area contributed by atoms with Gasteiger partial charge in [0.05, 0.1) is 17.3 Å². The third kappa shape index (κ3) is 4.01. The van der Waals surface area contributed by atoms with Crippen molar-refractivity contribution >= 4 is 45.8 Å². The van der Waals surface area contributed by atoms with E-state index in [1.165, 1.54) is 4.57 Å². The van der Waals surface area contributed by atoms with E-state index in [9.17, 15) is 9.59 Å². The van der Waals surface area contributed by atoms with Crippen LogP contribution in [0.1, 0.15) is 15.9 Å². The topological polar surface area (TPSA) is 64.0 Å². The second-order valence-electron chi connectivity index (χ2n) is 6.43. The minimum Gasteiger partial charge on any atom is -0.320 e. The molecule has 0 saturated carbocycles. The van der Waals surface area contributed by atoms with Crippen LogP contribution in [0.4, 0.5) is 5.69 Å². The fourth-order valence-corrected chi connectivity index (χ4v) is 3.35. The highest BCUT2D eigenvalue weighted by molar-refractivity contribution is 6.34. The molecule has 0 aliphatic heterocycles. The van der Waals surface area contributed by atoms with E-state index in [-0.39, 0.29) is 12.1 Å². The molecule has 4 aromatic rings. The summed E-state index contributed by atoms with van der Waals surface area (Å²) in [5.74, 6) is -0.529. The molecule has 7 heteroatoms. The number of benzene rings is 2. The maximum atomic E-state index is 13.2. The maximum absolute atomic E-state index is 13.2. The molecule has 1 amide bonds. The average molecular weight is 424 g/mol. The van der Waals surface area contributed by atoms with E-state index >= 15 is 0 Å². The quantitative estimate of drug-likeness (QED) is 0.501. The number of para-hydroxylation sites is 1. The number of amides is 1. The predicted octanol–water partition coefficient (Wildman–Crippen LogP) is 5.00. The Balaban J connectivity index is 1.80. The molecule has 0 aliphatic rings. The van der Waals surface area contributed by atoms with Crippen molar-refractivity contribution < 1.29 is 4.79 Å². The van der Waals surface area contributed by atoms with Crippen molar-refractivity contribution in [2.45, 2.75) is 6.54 Å². The Morgan fingerprint density at radius 3 is 2.52 bits per heavy atom. The van der Waals surface area contributed by atoms with Gasteiger partial charge < -0.3 is 5.32 Å². The molecule has 2 aromatic carbocycles. The number of carbonyl (C=O) groups is 1. The molecule has 0 bridgehead atoms. The third-order valence-electron chi connectivity index (χ3n) is 4.47. The van der Waals surface area contributed by atoms with Crippen LogP contribution in [0, 0.1) is 0 Å². The molecule has 0 unspecified atom stereocenters. The zero-order chi connectivity index (χ0) is 20.4. The summed E-state index contributed by atoms with van der Waals surface area (Å²) < 4.78 is 1.49. The van der Waals surface area contributed by atoms with Gasteiger partial charge in [0.25, 0.3) is 11.5 Å². The largest absolute Gasteiger partial charge is 0.320 e. The monoisotopic (exact) mass is 423 g/mol. The molecule has 1 N–H and O–H groups in total. The van der Waals surface area contributed by atoms with Crippen molar-refractivity contribution in [2.24, 2.45) is 0 Å². The Morgan fingerprint density at radius 1 is 1.00 bits per heavy atom. The molecule has 144 valence electrons. The van der Waals surface area contributed by atoms with Gasteiger partial charge in [0.15, 0.2) is 0 Å². The minimum atomic E-state index is -0.529. The smallest absolute Gasteiger partial charge is 0.265 e. The van der Waals surface area contributed by atoms with E-state index in [4.69, 9.17) is 23.2 Å². The summed E-state index contributed by atoms with van der Waals surface area (Å²) in [6.45, 7) is 0.261. The fourth-order valence-electron chi connectivity index (χ4n) is 3.04. The Labute approximate surface area is 176 Å². The number of rotatable bonds is 4. The molecule has 2 heterocycles. The molecular weight excluding hydrogens is 409 g/mol. The Hall–Kier alpha value is -3.15. The third-order valence-corrected chi connectivity index (χ3v) is 5.05. The van der Waals surface area contributed by atoms with Crippen LogP contribution in [0.15, 0.2) is 77.7 Å². The summed E-state index contributed by atoms with van der Waals surface area (Å²) in [6.07, 6.45) is 1.61. The standard InChI is InChI=1S/C22H15Cl2N3O2/c23-16-9-7-14(8-10-16)13-27-20-15(4-3-11-25-20)12-17(22(27)29)21(28)26-19-6-2-1-5-18(19)24/h1-12H,13H2,(H,26,28). The highest BCUT2D eigenvalue weighted by Crippen LogP contribution is 2.21. The zero-order valence-corrected chi connectivity index (χ0v) is 16.6. The van der Waals surface area contributed by atoms with Gasteiger partial charge in [0.2, 0.25) is 0 Å². The van der Waals surface area contributed by atoms with E-state index in [1.54, 1.807) is 54.7 Å². The molecule has 0 saturated heterocycles. The molecule has 0 atom stereocenters. The lowest BCUT2D eigenvalue weighted by atomic mass is 10.1. The lowest BCUT2D eigenvalue weighted by molar-refractivity contribution is 0.102. The first-order chi connectivity index (χ1) is 14.0. The normalized spacial score (nSPS) is 10.8. The minimum absolute atomic E-state index is 0.0133. The first-order valence-electron chi connectivity index (χ1n) is 8.82. The van der Waals surface area contributed by atoms with Gasteiger partial charge in [0.1, 0.15) is 11.2 Å². The average Bonchev–Trinajstić information content (AvgIpc) is 2.73. The van der Waals surface area contributed by atoms with Crippen LogP contribution in [0.2, 0.25) is 10.0 Å². The van der Waals surface area contributed by atoms with Gasteiger partial charge in [-0.3, -0.25) is 14.2 Å². The molecule has 0 fully saturated rings. The van der Waals surface area contributed by atoms with E-state index in [2.05, 4.69) is 10.3 Å². The van der Waals surface area contributed by atoms with Crippen molar-refractivity contribution in [3.05, 3.63) is 104 Å². The highest BCUT2D eigenvalue weighted by atomic mass is 35.5. The van der Waals surface area contributed by atoms with Crippen molar-refractivity contribution in [3.63, 3.8) is 0 Å². The molecule has 0 aliphatic carbocycles. The van der Waals surface area contributed by atoms with Gasteiger partial charge in [-0.2, -0.15) is 0 Å². The number of anilines is 1. The van der Waals surface area contributed by atoms with Crippen molar-refractivity contribution in [3.8, 4) is 0 Å². The molecule has 4 rings (SSSR count). The first kappa shape index (κ1) is 19.2. The van der Waals surface area contributed by atoms with Crippen molar-refractivity contribution in [1.29, 1.82) is 0 Å². The number of nitrogens with zero attached hydrogens (tertiary/aromatic N) is 2. The van der Waals surface area contributed by atoms with Crippen LogP contribution in [0.25, 0.3) is 11.0 Å². The summed E-state index contributed by atoms with van der Waals surface area (Å²) in [7, 11) is 0. The number of aromatic nitrogens is 2. The van der Waals surface area contributed by atoms with Gasteiger partial charge >= 0.3 is 0 Å². The summed E-state index contributed by atoms with van der Waals surface area (Å²) in [6, 6.07) is 19.2. The van der Waals surface area contributed by atoms with Gasteiger partial charge in [-0.15, -0.1) is 0 Å². The second-order valence-corrected chi connectivity index (χ2v) is 7.27. The second kappa shape index (κ2) is 8.07. The Bertz CT molecular complexity index is 1270. The van der Waals surface area contributed by atoms with Gasteiger partial charge in [-0.25, -0.2) is 4.98 Å². The Morgan fingerprint density at radius 2 is 1.76 bits per heavy atom. The van der Waals surface area contributed by atoms with E-state index in [1.807, 2.05) is 18.2 Å². The van der Waals surface area contributed by atoms with Crippen LogP contribution in [-0.2, 0) is 6.54 Å². The van der Waals surface area contributed by atoms with Crippen LogP contribution in [0.5, 0.6) is 0 Å². The van der Waals surface area contributed by atoms with Crippen LogP contribution < -0.4 is 10.9 Å². The van der Waals surface area contributed by atoms with Gasteiger partial charge in [-0.05, 0) is 48.0 Å². The molecular formula is C22H15Cl2N3O2. The van der Waals surface area contributed by atoms with Crippen molar-refractivity contribution in [1.82, 2.24) is 9.55 Å². The maximum Gasteiger partial charge on any atom is 0.265 e. The summed E-state index contributed by atoms with van der Waals surface area (Å²) >= 11 is 12.1. The summed E-state index contributed by atoms with van der Waals surface area (Å²) in [5, 5.41) is 4.40. The number of hydrogen-bond donors (Lipinski definition) is 1. The summed E-state index contributed by atoms with van der Waals surface area (Å²) in [5.41, 5.74) is 1.39. The van der Waals surface area contributed by atoms with E-state index in [0.29, 0.717) is 26.8 Å². The lowest BCUT2D eigenvalue weighted by Crippen LogP contribution is -2.30. The molecule has 0 spiro atoms. The first-order valence-corrected chi connectivity index (χ1v) is 9.57. The van der Waals surface area contributed by atoms with Crippen LogP contribution >= 0.6 is 23.2 Å². The van der Waals surface area contributed by atoms with E-state index in [0.717, 1.165) is 5.56 Å². The van der Waals surface area contributed by atoms with E-state index < -0.39 is 11.5 Å². The number of carbonyl (C=O) groups excluding carboxylic acids is 1. The number of nitrogens with one attached hydrogen (secondary N) is 1. The molecule has 0 radical (unpaired) electrons. The van der Waals surface area contributed by atoms with Crippen LogP contribution in [0.3, 0.4) is 0 Å². The van der Waals surface area contributed by atoms with Crippen molar-refractivity contribution in [2.75, 3.05) is 5.32 Å². The SMILES string of the molecule is O=C(Nc1ccccc1Cl)c1cc2cccnc2n(Cc2ccc(Cl)cc2)c1=O. The molecule has 5 nitrogen and oxygen atoms in total. The zero-order valence-electron chi connectivity index (χ0n) is 15.1. The van der Waals surface area contributed by atoms with Gasteiger partial charge in [0, 0.05) is 16.6 Å². The van der Waals surface area contributed by atoms with Gasteiger partial charge in [-0.1, -0.05) is 47.5 Å². The van der Waals surface area contributed by atoms with Crippen LogP contribution in [-0.4, -0.2) is 15.5 Å². The lowest BCUT2D eigenvalue weighted by Gasteiger charge is -2.13. The number of halogens is 2. The molecule has 2 aromatic heterocycles. The fraction of sp³-hybridized carbons (Fsp3) is 0.0455. The summed E-state index contributed by atoms with van der Waals surface area (Å²) in [4.78, 5) is 30.4. The molecule has 29 heavy (non-hydrogen) atoms. The number of fused-ring (bicyclic) bond motifs is 1. The predicted molar refractivity (Wildman–Crippen MR) is 116 cm³/mol.